The van der Waals surface area contributed by atoms with Gasteiger partial charge in [0.25, 0.3) is 5.91 Å². The summed E-state index contributed by atoms with van der Waals surface area (Å²) in [5, 5.41) is 7.01. The third-order valence-electron chi connectivity index (χ3n) is 4.20. The lowest BCUT2D eigenvalue weighted by atomic mass is 10.0. The number of piperidine rings is 1. The van der Waals surface area contributed by atoms with Crippen molar-refractivity contribution in [2.24, 2.45) is 0 Å². The van der Waals surface area contributed by atoms with Crippen molar-refractivity contribution in [3.8, 4) is 0 Å². The molecule has 3 aromatic heterocycles. The second kappa shape index (κ2) is 5.66. The Morgan fingerprint density at radius 2 is 2.26 bits per heavy atom. The number of aromatic amines is 1. The smallest absolute Gasteiger partial charge is 0.274 e. The van der Waals surface area contributed by atoms with Gasteiger partial charge in [-0.15, -0.1) is 0 Å². The van der Waals surface area contributed by atoms with E-state index in [9.17, 15) is 4.79 Å². The van der Waals surface area contributed by atoms with E-state index in [1.54, 1.807) is 10.6 Å². The number of fused-ring (bicyclic) bond motifs is 1. The normalized spacial score (nSPS) is 18.5. The van der Waals surface area contributed by atoms with E-state index < -0.39 is 0 Å². The SMILES string of the molecule is O=C(c1c(Cl)nc2ccccn12)N1CCCC[C@H]1c1ncn[nH]1. The highest BCUT2D eigenvalue weighted by Gasteiger charge is 2.33. The zero-order chi connectivity index (χ0) is 15.8. The molecule has 0 saturated carbocycles. The number of H-pyrrole nitrogens is 1. The van der Waals surface area contributed by atoms with Crippen molar-refractivity contribution < 1.29 is 4.79 Å². The van der Waals surface area contributed by atoms with Crippen molar-refractivity contribution in [3.63, 3.8) is 0 Å². The van der Waals surface area contributed by atoms with Crippen LogP contribution >= 0.6 is 11.6 Å². The first-order chi connectivity index (χ1) is 11.3. The summed E-state index contributed by atoms with van der Waals surface area (Å²) in [5.41, 5.74) is 1.06. The molecule has 1 amide bonds. The van der Waals surface area contributed by atoms with Gasteiger partial charge in [-0.05, 0) is 31.4 Å². The Morgan fingerprint density at radius 1 is 1.35 bits per heavy atom. The molecule has 1 fully saturated rings. The van der Waals surface area contributed by atoms with Crippen LogP contribution in [-0.2, 0) is 0 Å². The molecule has 0 bridgehead atoms. The van der Waals surface area contributed by atoms with E-state index >= 15 is 0 Å². The van der Waals surface area contributed by atoms with E-state index in [2.05, 4.69) is 20.2 Å². The molecule has 0 radical (unpaired) electrons. The van der Waals surface area contributed by atoms with Crippen LogP contribution in [0, 0.1) is 0 Å². The molecule has 1 aliphatic rings. The largest absolute Gasteiger partial charge is 0.327 e. The number of amides is 1. The lowest BCUT2D eigenvalue weighted by Crippen LogP contribution is -2.39. The first-order valence-corrected chi connectivity index (χ1v) is 7.92. The van der Waals surface area contributed by atoms with E-state index in [-0.39, 0.29) is 17.1 Å². The monoisotopic (exact) mass is 330 g/mol. The summed E-state index contributed by atoms with van der Waals surface area (Å²) in [6.45, 7) is 0.667. The predicted octanol–water partition coefficient (Wildman–Crippen LogP) is 2.47. The molecule has 0 aromatic carbocycles. The highest BCUT2D eigenvalue weighted by molar-refractivity contribution is 6.32. The van der Waals surface area contributed by atoms with Crippen LogP contribution in [0.4, 0.5) is 0 Å². The molecule has 1 saturated heterocycles. The fourth-order valence-electron chi connectivity index (χ4n) is 3.13. The molecule has 7 nitrogen and oxygen atoms in total. The Balaban J connectivity index is 1.75. The lowest BCUT2D eigenvalue weighted by molar-refractivity contribution is 0.0593. The Hall–Kier alpha value is -2.41. The number of nitrogens with one attached hydrogen (secondary N) is 1. The van der Waals surface area contributed by atoms with Gasteiger partial charge in [-0.3, -0.25) is 14.3 Å². The third kappa shape index (κ3) is 2.37. The minimum atomic E-state index is -0.130. The van der Waals surface area contributed by atoms with Crippen LogP contribution in [0.1, 0.15) is 41.6 Å². The van der Waals surface area contributed by atoms with Crippen LogP contribution in [0.2, 0.25) is 5.15 Å². The fourth-order valence-corrected chi connectivity index (χ4v) is 3.39. The summed E-state index contributed by atoms with van der Waals surface area (Å²) in [7, 11) is 0. The van der Waals surface area contributed by atoms with Crippen molar-refractivity contribution >= 4 is 23.2 Å². The molecule has 1 N–H and O–H groups in total. The molecule has 4 heterocycles. The molecule has 3 aromatic rings. The maximum atomic E-state index is 13.1. The minimum Gasteiger partial charge on any atom is -0.327 e. The summed E-state index contributed by atoms with van der Waals surface area (Å²) in [5.74, 6) is 0.581. The van der Waals surface area contributed by atoms with E-state index in [1.165, 1.54) is 6.33 Å². The van der Waals surface area contributed by atoms with Gasteiger partial charge < -0.3 is 4.90 Å². The Labute approximate surface area is 137 Å². The molecule has 1 atom stereocenters. The van der Waals surface area contributed by atoms with E-state index in [4.69, 9.17) is 11.6 Å². The van der Waals surface area contributed by atoms with Gasteiger partial charge in [0, 0.05) is 12.7 Å². The molecule has 0 aliphatic carbocycles. The minimum absolute atomic E-state index is 0.107. The van der Waals surface area contributed by atoms with Crippen LogP contribution < -0.4 is 0 Å². The zero-order valence-corrected chi connectivity index (χ0v) is 13.1. The van der Waals surface area contributed by atoms with E-state index in [1.807, 2.05) is 23.1 Å². The Kier molecular flexibility index (Phi) is 3.49. The molecule has 118 valence electrons. The highest BCUT2D eigenvalue weighted by Crippen LogP contribution is 2.31. The summed E-state index contributed by atoms with van der Waals surface area (Å²) in [6.07, 6.45) is 6.14. The number of imidazole rings is 1. The molecule has 8 heteroatoms. The van der Waals surface area contributed by atoms with Crippen molar-refractivity contribution in [1.29, 1.82) is 0 Å². The quantitative estimate of drug-likeness (QED) is 0.783. The van der Waals surface area contributed by atoms with Gasteiger partial charge in [0.1, 0.15) is 17.8 Å². The van der Waals surface area contributed by atoms with Crippen LogP contribution in [0.15, 0.2) is 30.7 Å². The van der Waals surface area contributed by atoms with Crippen molar-refractivity contribution in [3.05, 3.63) is 47.4 Å². The number of aromatic nitrogens is 5. The zero-order valence-electron chi connectivity index (χ0n) is 12.3. The first-order valence-electron chi connectivity index (χ1n) is 7.54. The van der Waals surface area contributed by atoms with Gasteiger partial charge in [-0.1, -0.05) is 17.7 Å². The number of nitrogens with zero attached hydrogens (tertiary/aromatic N) is 5. The van der Waals surface area contributed by atoms with E-state index in [0.717, 1.165) is 19.3 Å². The second-order valence-corrected chi connectivity index (χ2v) is 5.92. The summed E-state index contributed by atoms with van der Waals surface area (Å²) < 4.78 is 1.73. The lowest BCUT2D eigenvalue weighted by Gasteiger charge is -2.34. The molecule has 23 heavy (non-hydrogen) atoms. The standard InChI is InChI=1S/C15H15ClN6O/c16-13-12(22-8-4-2-6-11(22)19-13)15(23)21-7-3-1-5-10(21)14-17-9-18-20-14/h2,4,6,8-10H,1,3,5,7H2,(H,17,18,20)/t10-/m0/s1. The summed E-state index contributed by atoms with van der Waals surface area (Å²) in [4.78, 5) is 23.4. The number of hydrogen-bond donors (Lipinski definition) is 1. The Morgan fingerprint density at radius 3 is 3.09 bits per heavy atom. The van der Waals surface area contributed by atoms with Gasteiger partial charge in [0.05, 0.1) is 6.04 Å². The number of hydrogen-bond acceptors (Lipinski definition) is 4. The van der Waals surface area contributed by atoms with Crippen molar-refractivity contribution in [2.45, 2.75) is 25.3 Å². The molecular formula is C15H15ClN6O. The molecule has 0 unspecified atom stereocenters. The highest BCUT2D eigenvalue weighted by atomic mass is 35.5. The van der Waals surface area contributed by atoms with Gasteiger partial charge in [-0.2, -0.15) is 5.10 Å². The van der Waals surface area contributed by atoms with Gasteiger partial charge in [-0.25, -0.2) is 9.97 Å². The number of likely N-dealkylation sites (tertiary alicyclic amines) is 1. The van der Waals surface area contributed by atoms with E-state index in [0.29, 0.717) is 23.7 Å². The van der Waals surface area contributed by atoms with Gasteiger partial charge in [0.15, 0.2) is 10.8 Å². The average Bonchev–Trinajstić information content (AvgIpc) is 3.21. The van der Waals surface area contributed by atoms with Crippen LogP contribution in [0.3, 0.4) is 0 Å². The number of rotatable bonds is 2. The average molecular weight is 331 g/mol. The van der Waals surface area contributed by atoms with Gasteiger partial charge >= 0.3 is 0 Å². The number of carbonyl (C=O) groups excluding carboxylic acids is 1. The van der Waals surface area contributed by atoms with Crippen LogP contribution in [-0.4, -0.2) is 41.9 Å². The molecule has 4 rings (SSSR count). The topological polar surface area (TPSA) is 79.2 Å². The van der Waals surface area contributed by atoms with Crippen molar-refractivity contribution in [2.75, 3.05) is 6.54 Å². The molecule has 1 aliphatic heterocycles. The van der Waals surface area contributed by atoms with Crippen LogP contribution in [0.25, 0.3) is 5.65 Å². The second-order valence-electron chi connectivity index (χ2n) is 5.56. The predicted molar refractivity (Wildman–Crippen MR) is 84.2 cm³/mol. The molecular weight excluding hydrogens is 316 g/mol. The summed E-state index contributed by atoms with van der Waals surface area (Å²) >= 11 is 6.24. The fraction of sp³-hybridized carbons (Fsp3) is 0.333. The third-order valence-corrected chi connectivity index (χ3v) is 4.47. The number of halogens is 1. The maximum Gasteiger partial charge on any atom is 0.274 e. The van der Waals surface area contributed by atoms with Gasteiger partial charge in [0.2, 0.25) is 0 Å². The molecule has 0 spiro atoms. The Bertz CT molecular complexity index is 843. The number of carbonyl (C=O) groups is 1. The van der Waals surface area contributed by atoms with Crippen LogP contribution in [0.5, 0.6) is 0 Å². The summed E-state index contributed by atoms with van der Waals surface area (Å²) in [6, 6.07) is 5.44. The maximum absolute atomic E-state index is 13.1. The first kappa shape index (κ1) is 14.2. The number of pyridine rings is 1. The van der Waals surface area contributed by atoms with Crippen molar-refractivity contribution in [1.82, 2.24) is 29.5 Å².